The van der Waals surface area contributed by atoms with Crippen LogP contribution in [0.25, 0.3) is 11.0 Å². The number of amides is 2. The Morgan fingerprint density at radius 1 is 1.30 bits per heavy atom. The summed E-state index contributed by atoms with van der Waals surface area (Å²) in [7, 11) is 0. The smallest absolute Gasteiger partial charge is 0.351 e. The number of halogens is 4. The molecule has 2 fully saturated rings. The van der Waals surface area contributed by atoms with Gasteiger partial charge in [0, 0.05) is 29.8 Å². The number of H-pyrrole nitrogens is 1. The van der Waals surface area contributed by atoms with Gasteiger partial charge in [0.15, 0.2) is 0 Å². The van der Waals surface area contributed by atoms with E-state index in [-0.39, 0.29) is 30.7 Å². The number of fused-ring (bicyclic) bond motifs is 1. The van der Waals surface area contributed by atoms with Crippen LogP contribution < -0.4 is 5.32 Å². The topological polar surface area (TPSA) is 78.1 Å². The van der Waals surface area contributed by atoms with E-state index in [4.69, 9.17) is 11.6 Å². The Balaban J connectivity index is 1.46. The maximum atomic E-state index is 13.0. The molecular formula is C20H22ClF3N4O2. The van der Waals surface area contributed by atoms with Gasteiger partial charge in [0.05, 0.1) is 17.1 Å². The number of alkyl halides is 3. The minimum atomic E-state index is -4.45. The van der Waals surface area contributed by atoms with Gasteiger partial charge in [0.2, 0.25) is 11.8 Å². The molecule has 1 saturated carbocycles. The molecule has 1 aromatic carbocycles. The lowest BCUT2D eigenvalue weighted by Gasteiger charge is -2.30. The number of nitrogens with zero attached hydrogens (tertiary/aromatic N) is 2. The van der Waals surface area contributed by atoms with Crippen molar-refractivity contribution in [1.82, 2.24) is 20.2 Å². The number of carbonyl (C=O) groups is 2. The molecule has 2 aromatic rings. The first-order chi connectivity index (χ1) is 14.2. The van der Waals surface area contributed by atoms with E-state index in [0.29, 0.717) is 17.3 Å². The lowest BCUT2D eigenvalue weighted by atomic mass is 9.78. The van der Waals surface area contributed by atoms with E-state index in [2.05, 4.69) is 15.3 Å². The van der Waals surface area contributed by atoms with Crippen LogP contribution in [-0.2, 0) is 9.59 Å². The van der Waals surface area contributed by atoms with Gasteiger partial charge in [0.25, 0.3) is 0 Å². The minimum Gasteiger partial charge on any atom is -0.351 e. The first-order valence-electron chi connectivity index (χ1n) is 9.99. The van der Waals surface area contributed by atoms with Crippen LogP contribution in [0.2, 0.25) is 5.02 Å². The van der Waals surface area contributed by atoms with Gasteiger partial charge in [-0.3, -0.25) is 9.59 Å². The molecule has 162 valence electrons. The SMILES string of the molecule is O=C(N[C@@H]1CC(=O)N(CC(F)(F)F)C1)[C@@H]1CCCC[C@@H]1c1nc2ccc(Cl)cc2[nH]1. The average Bonchev–Trinajstić information content (AvgIpc) is 3.23. The summed E-state index contributed by atoms with van der Waals surface area (Å²) in [4.78, 5) is 33.5. The second-order valence-electron chi connectivity index (χ2n) is 8.08. The standard InChI is InChI=1S/C20H22ClF3N4O2/c21-11-5-6-15-16(7-11)27-18(26-15)13-3-1-2-4-14(13)19(30)25-12-8-17(29)28(9-12)10-20(22,23)24/h5-7,12-14H,1-4,8-10H2,(H,25,30)(H,26,27)/t12-,13+,14-/m1/s1. The molecule has 0 unspecified atom stereocenters. The Morgan fingerprint density at radius 3 is 2.83 bits per heavy atom. The van der Waals surface area contributed by atoms with E-state index in [1.165, 1.54) is 0 Å². The third-order valence-corrected chi connectivity index (χ3v) is 6.08. The maximum Gasteiger partial charge on any atom is 0.406 e. The number of rotatable bonds is 4. The third-order valence-electron chi connectivity index (χ3n) is 5.85. The highest BCUT2D eigenvalue weighted by Gasteiger charge is 2.40. The van der Waals surface area contributed by atoms with Crippen molar-refractivity contribution in [3.05, 3.63) is 29.0 Å². The molecule has 2 aliphatic rings. The van der Waals surface area contributed by atoms with Crippen LogP contribution >= 0.6 is 11.6 Å². The fourth-order valence-corrected chi connectivity index (χ4v) is 4.67. The van der Waals surface area contributed by atoms with Gasteiger partial charge in [-0.2, -0.15) is 13.2 Å². The van der Waals surface area contributed by atoms with Crippen LogP contribution in [0.1, 0.15) is 43.8 Å². The molecular weight excluding hydrogens is 421 g/mol. The van der Waals surface area contributed by atoms with E-state index >= 15 is 0 Å². The molecule has 1 aliphatic carbocycles. The van der Waals surface area contributed by atoms with Crippen LogP contribution in [0.3, 0.4) is 0 Å². The van der Waals surface area contributed by atoms with Crippen LogP contribution in [0.15, 0.2) is 18.2 Å². The minimum absolute atomic E-state index is 0.109. The zero-order chi connectivity index (χ0) is 21.5. The normalized spacial score (nSPS) is 25.1. The lowest BCUT2D eigenvalue weighted by molar-refractivity contribution is -0.157. The van der Waals surface area contributed by atoms with Crippen molar-refractivity contribution in [2.24, 2.45) is 5.92 Å². The van der Waals surface area contributed by atoms with Crippen molar-refractivity contribution in [2.75, 3.05) is 13.1 Å². The van der Waals surface area contributed by atoms with E-state index in [1.807, 2.05) is 6.07 Å². The molecule has 1 saturated heterocycles. The Hall–Kier alpha value is -2.29. The molecule has 30 heavy (non-hydrogen) atoms. The number of carbonyl (C=O) groups excluding carboxylic acids is 2. The fraction of sp³-hybridized carbons (Fsp3) is 0.550. The fourth-order valence-electron chi connectivity index (χ4n) is 4.50. The van der Waals surface area contributed by atoms with Crippen LogP contribution in [0.5, 0.6) is 0 Å². The van der Waals surface area contributed by atoms with E-state index in [9.17, 15) is 22.8 Å². The first-order valence-corrected chi connectivity index (χ1v) is 10.4. The molecule has 0 bridgehead atoms. The highest BCUT2D eigenvalue weighted by atomic mass is 35.5. The first kappa shape index (κ1) is 21.0. The summed E-state index contributed by atoms with van der Waals surface area (Å²) in [5.41, 5.74) is 1.56. The van der Waals surface area contributed by atoms with Gasteiger partial charge < -0.3 is 15.2 Å². The largest absolute Gasteiger partial charge is 0.406 e. The van der Waals surface area contributed by atoms with Crippen molar-refractivity contribution in [3.63, 3.8) is 0 Å². The zero-order valence-electron chi connectivity index (χ0n) is 16.1. The Bertz CT molecular complexity index is 961. The van der Waals surface area contributed by atoms with Crippen molar-refractivity contribution in [2.45, 2.75) is 50.2 Å². The monoisotopic (exact) mass is 442 g/mol. The van der Waals surface area contributed by atoms with Gasteiger partial charge in [-0.15, -0.1) is 0 Å². The third kappa shape index (κ3) is 4.55. The predicted molar refractivity (Wildman–Crippen MR) is 105 cm³/mol. The van der Waals surface area contributed by atoms with Crippen molar-refractivity contribution < 1.29 is 22.8 Å². The molecule has 10 heteroatoms. The Kier molecular flexibility index (Phi) is 5.65. The molecule has 6 nitrogen and oxygen atoms in total. The summed E-state index contributed by atoms with van der Waals surface area (Å²) in [6.45, 7) is -1.41. The summed E-state index contributed by atoms with van der Waals surface area (Å²) >= 11 is 6.04. The molecule has 4 rings (SSSR count). The number of hydrogen-bond acceptors (Lipinski definition) is 3. The highest BCUT2D eigenvalue weighted by molar-refractivity contribution is 6.31. The predicted octanol–water partition coefficient (Wildman–Crippen LogP) is 3.77. The Labute approximate surface area is 176 Å². The maximum absolute atomic E-state index is 13.0. The number of nitrogens with one attached hydrogen (secondary N) is 2. The zero-order valence-corrected chi connectivity index (χ0v) is 16.9. The van der Waals surface area contributed by atoms with E-state index < -0.39 is 24.7 Å². The van der Waals surface area contributed by atoms with Gasteiger partial charge >= 0.3 is 6.18 Å². The average molecular weight is 443 g/mol. The lowest BCUT2D eigenvalue weighted by Crippen LogP contribution is -2.43. The molecule has 1 aromatic heterocycles. The summed E-state index contributed by atoms with van der Waals surface area (Å²) in [5, 5.41) is 3.39. The number of imidazole rings is 1. The summed E-state index contributed by atoms with van der Waals surface area (Å²) in [6, 6.07) is 4.74. The number of benzene rings is 1. The van der Waals surface area contributed by atoms with Crippen molar-refractivity contribution in [1.29, 1.82) is 0 Å². The van der Waals surface area contributed by atoms with Crippen molar-refractivity contribution >= 4 is 34.4 Å². The van der Waals surface area contributed by atoms with Crippen LogP contribution in [-0.4, -0.2) is 52.0 Å². The molecule has 0 radical (unpaired) electrons. The van der Waals surface area contributed by atoms with Crippen LogP contribution in [0.4, 0.5) is 13.2 Å². The molecule has 3 atom stereocenters. The quantitative estimate of drug-likeness (QED) is 0.756. The number of aromatic nitrogens is 2. The number of aromatic amines is 1. The summed E-state index contributed by atoms with van der Waals surface area (Å²) in [6.07, 6.45) is -1.25. The van der Waals surface area contributed by atoms with Gasteiger partial charge in [-0.05, 0) is 31.0 Å². The highest BCUT2D eigenvalue weighted by Crippen LogP contribution is 2.38. The molecule has 2 amide bonds. The second-order valence-corrected chi connectivity index (χ2v) is 8.52. The molecule has 0 spiro atoms. The molecule has 2 heterocycles. The van der Waals surface area contributed by atoms with Crippen molar-refractivity contribution in [3.8, 4) is 0 Å². The van der Waals surface area contributed by atoms with E-state index in [0.717, 1.165) is 35.2 Å². The summed E-state index contributed by atoms with van der Waals surface area (Å²) < 4.78 is 37.8. The Morgan fingerprint density at radius 2 is 2.07 bits per heavy atom. The van der Waals surface area contributed by atoms with Crippen LogP contribution in [0, 0.1) is 5.92 Å². The number of hydrogen-bond donors (Lipinski definition) is 2. The summed E-state index contributed by atoms with van der Waals surface area (Å²) in [5.74, 6) is -0.569. The molecule has 2 N–H and O–H groups in total. The second kappa shape index (κ2) is 8.09. The number of likely N-dealkylation sites (tertiary alicyclic amines) is 1. The molecule has 1 aliphatic heterocycles. The van der Waals surface area contributed by atoms with E-state index in [1.54, 1.807) is 12.1 Å². The van der Waals surface area contributed by atoms with Gasteiger partial charge in [0.1, 0.15) is 12.4 Å². The van der Waals surface area contributed by atoms with Gasteiger partial charge in [-0.1, -0.05) is 24.4 Å². The van der Waals surface area contributed by atoms with Gasteiger partial charge in [-0.25, -0.2) is 4.98 Å².